The van der Waals surface area contributed by atoms with Gasteiger partial charge >= 0.3 is 0 Å². The Morgan fingerprint density at radius 1 is 1.28 bits per heavy atom. The smallest absolute Gasteiger partial charge is 0.136 e. The number of benzene rings is 1. The first-order valence-corrected chi connectivity index (χ1v) is 6.31. The lowest BCUT2D eigenvalue weighted by molar-refractivity contribution is 0.260. The van der Waals surface area contributed by atoms with Gasteiger partial charge < -0.3 is 15.0 Å². The largest absolute Gasteiger partial charge is 0.484 e. The number of hydrogen-bond donors (Lipinski definition) is 2. The molecule has 0 bridgehead atoms. The molecule has 0 aliphatic carbocycles. The highest BCUT2D eigenvalue weighted by Crippen LogP contribution is 2.18. The Morgan fingerprint density at radius 3 is 2.33 bits per heavy atom. The van der Waals surface area contributed by atoms with Crippen LogP contribution in [-0.2, 0) is 4.74 Å². The van der Waals surface area contributed by atoms with Crippen molar-refractivity contribution in [2.45, 2.75) is 13.8 Å². The van der Waals surface area contributed by atoms with Crippen LogP contribution in [0.4, 0.5) is 5.69 Å². The molecule has 0 saturated carbocycles. The number of nitrogens with two attached hydrogens (primary N) is 1. The van der Waals surface area contributed by atoms with Gasteiger partial charge in [-0.05, 0) is 26.0 Å². The van der Waals surface area contributed by atoms with Crippen molar-refractivity contribution in [3.8, 4) is 0 Å². The van der Waals surface area contributed by atoms with Gasteiger partial charge in [0.2, 0.25) is 0 Å². The highest BCUT2D eigenvalue weighted by molar-refractivity contribution is 5.65. The summed E-state index contributed by atoms with van der Waals surface area (Å²) in [6.07, 6.45) is 1.65. The molecule has 0 unspecified atom stereocenters. The van der Waals surface area contributed by atoms with E-state index in [4.69, 9.17) is 10.5 Å². The first kappa shape index (κ1) is 14.4. The molecule has 18 heavy (non-hydrogen) atoms. The molecule has 0 atom stereocenters. The first-order valence-electron chi connectivity index (χ1n) is 6.31. The van der Waals surface area contributed by atoms with E-state index < -0.39 is 0 Å². The average molecular weight is 249 g/mol. The fourth-order valence-electron chi connectivity index (χ4n) is 1.84. The van der Waals surface area contributed by atoms with E-state index in [2.05, 4.69) is 48.3 Å². The number of rotatable bonds is 7. The Kier molecular flexibility index (Phi) is 6.08. The predicted molar refractivity (Wildman–Crippen MR) is 77.2 cm³/mol. The van der Waals surface area contributed by atoms with Crippen LogP contribution in [0.3, 0.4) is 0 Å². The van der Waals surface area contributed by atoms with Crippen molar-refractivity contribution in [1.29, 1.82) is 0 Å². The van der Waals surface area contributed by atoms with Crippen molar-refractivity contribution < 1.29 is 4.74 Å². The monoisotopic (exact) mass is 249 g/mol. The van der Waals surface area contributed by atoms with Crippen LogP contribution < -0.4 is 16.0 Å². The van der Waals surface area contributed by atoms with Gasteiger partial charge in [0.1, 0.15) is 13.0 Å². The standard InChI is InChI=1S/C14H23N3O/c1-4-17(5-2)13-8-6-12(7-9-13)14(16-3)10-18-11-15/h6-10,16H,4-5,11,15H2,1-3H3/b14-10-. The Labute approximate surface area is 109 Å². The number of anilines is 1. The lowest BCUT2D eigenvalue weighted by Gasteiger charge is -2.21. The van der Waals surface area contributed by atoms with Crippen LogP contribution in [0, 0.1) is 0 Å². The molecule has 0 aliphatic rings. The second-order valence-corrected chi connectivity index (χ2v) is 3.83. The van der Waals surface area contributed by atoms with Crippen molar-refractivity contribution in [1.82, 2.24) is 5.32 Å². The molecule has 0 amide bonds. The molecule has 0 spiro atoms. The van der Waals surface area contributed by atoms with Gasteiger partial charge in [-0.3, -0.25) is 5.73 Å². The molecule has 3 N–H and O–H groups in total. The van der Waals surface area contributed by atoms with E-state index in [1.807, 2.05) is 7.05 Å². The van der Waals surface area contributed by atoms with E-state index in [-0.39, 0.29) is 6.73 Å². The van der Waals surface area contributed by atoms with Gasteiger partial charge in [-0.15, -0.1) is 0 Å². The Balaban J connectivity index is 2.87. The minimum atomic E-state index is 0.183. The van der Waals surface area contributed by atoms with Gasteiger partial charge in [0.25, 0.3) is 0 Å². The van der Waals surface area contributed by atoms with E-state index in [9.17, 15) is 0 Å². The third-order valence-electron chi connectivity index (χ3n) is 2.87. The van der Waals surface area contributed by atoms with Gasteiger partial charge in [-0.2, -0.15) is 0 Å². The summed E-state index contributed by atoms with van der Waals surface area (Å²) in [6, 6.07) is 8.40. The zero-order valence-corrected chi connectivity index (χ0v) is 11.4. The molecule has 0 aromatic heterocycles. The summed E-state index contributed by atoms with van der Waals surface area (Å²) in [4.78, 5) is 2.31. The van der Waals surface area contributed by atoms with Gasteiger partial charge in [-0.25, -0.2) is 0 Å². The van der Waals surface area contributed by atoms with Crippen LogP contribution in [0.25, 0.3) is 5.70 Å². The molecule has 0 radical (unpaired) electrons. The number of hydrogen-bond acceptors (Lipinski definition) is 4. The summed E-state index contributed by atoms with van der Waals surface area (Å²) in [5, 5.41) is 3.10. The maximum Gasteiger partial charge on any atom is 0.136 e. The molecule has 1 aromatic rings. The molecule has 0 saturated heterocycles. The maximum atomic E-state index is 5.31. The molecule has 1 aromatic carbocycles. The Bertz CT molecular complexity index is 369. The second kappa shape index (κ2) is 7.61. The topological polar surface area (TPSA) is 50.5 Å². The highest BCUT2D eigenvalue weighted by atomic mass is 16.5. The summed E-state index contributed by atoms with van der Waals surface area (Å²) in [5.41, 5.74) is 8.55. The lowest BCUT2D eigenvalue weighted by atomic mass is 10.1. The minimum Gasteiger partial charge on any atom is -0.484 e. The molecule has 0 aliphatic heterocycles. The maximum absolute atomic E-state index is 5.31. The minimum absolute atomic E-state index is 0.183. The number of nitrogens with zero attached hydrogens (tertiary/aromatic N) is 1. The zero-order chi connectivity index (χ0) is 13.4. The van der Waals surface area contributed by atoms with E-state index in [0.717, 1.165) is 24.4 Å². The Morgan fingerprint density at radius 2 is 1.89 bits per heavy atom. The van der Waals surface area contributed by atoms with Gasteiger partial charge in [0.15, 0.2) is 0 Å². The molecule has 0 fully saturated rings. The van der Waals surface area contributed by atoms with Crippen molar-refractivity contribution >= 4 is 11.4 Å². The molecule has 4 nitrogen and oxygen atoms in total. The molecule has 4 heteroatoms. The number of ether oxygens (including phenoxy) is 1. The molecule has 1 rings (SSSR count). The lowest BCUT2D eigenvalue weighted by Crippen LogP contribution is -2.21. The number of nitrogens with one attached hydrogen (secondary N) is 1. The van der Waals surface area contributed by atoms with Crippen LogP contribution >= 0.6 is 0 Å². The second-order valence-electron chi connectivity index (χ2n) is 3.83. The quantitative estimate of drug-likeness (QED) is 0.573. The van der Waals surface area contributed by atoms with Crippen LogP contribution in [0.15, 0.2) is 30.5 Å². The van der Waals surface area contributed by atoms with E-state index in [0.29, 0.717) is 0 Å². The predicted octanol–water partition coefficient (Wildman–Crippen LogP) is 1.98. The van der Waals surface area contributed by atoms with Gasteiger partial charge in [-0.1, -0.05) is 12.1 Å². The van der Waals surface area contributed by atoms with E-state index in [1.165, 1.54) is 5.69 Å². The summed E-state index contributed by atoms with van der Waals surface area (Å²) in [5.74, 6) is 0. The summed E-state index contributed by atoms with van der Waals surface area (Å²) < 4.78 is 5.10. The zero-order valence-electron chi connectivity index (χ0n) is 11.4. The molecular weight excluding hydrogens is 226 g/mol. The average Bonchev–Trinajstić information content (AvgIpc) is 2.42. The third-order valence-corrected chi connectivity index (χ3v) is 2.87. The van der Waals surface area contributed by atoms with Crippen LogP contribution in [-0.4, -0.2) is 26.9 Å². The van der Waals surface area contributed by atoms with Crippen molar-refractivity contribution in [2.24, 2.45) is 5.73 Å². The summed E-state index contributed by atoms with van der Waals surface area (Å²) in [6.45, 7) is 6.53. The highest BCUT2D eigenvalue weighted by Gasteiger charge is 2.03. The van der Waals surface area contributed by atoms with E-state index in [1.54, 1.807) is 6.26 Å². The normalized spacial score (nSPS) is 11.2. The fourth-order valence-corrected chi connectivity index (χ4v) is 1.84. The fraction of sp³-hybridized carbons (Fsp3) is 0.429. The first-order chi connectivity index (χ1) is 8.76. The molecular formula is C14H23N3O. The van der Waals surface area contributed by atoms with E-state index >= 15 is 0 Å². The van der Waals surface area contributed by atoms with Crippen molar-refractivity contribution in [2.75, 3.05) is 31.8 Å². The van der Waals surface area contributed by atoms with Crippen LogP contribution in [0.2, 0.25) is 0 Å². The molecule has 0 heterocycles. The summed E-state index contributed by atoms with van der Waals surface area (Å²) >= 11 is 0. The Hall–Kier alpha value is -1.68. The molecule has 100 valence electrons. The van der Waals surface area contributed by atoms with Gasteiger partial charge in [0, 0.05) is 31.4 Å². The van der Waals surface area contributed by atoms with Crippen molar-refractivity contribution in [3.63, 3.8) is 0 Å². The third kappa shape index (κ3) is 3.67. The van der Waals surface area contributed by atoms with Crippen LogP contribution in [0.1, 0.15) is 19.4 Å². The van der Waals surface area contributed by atoms with Crippen LogP contribution in [0.5, 0.6) is 0 Å². The SMILES string of the molecule is CCN(CC)c1ccc(/C(=C/OCN)NC)cc1. The van der Waals surface area contributed by atoms with Crippen molar-refractivity contribution in [3.05, 3.63) is 36.1 Å². The van der Waals surface area contributed by atoms with Gasteiger partial charge in [0.05, 0.1) is 5.70 Å². The summed E-state index contributed by atoms with van der Waals surface area (Å²) in [7, 11) is 1.87.